The van der Waals surface area contributed by atoms with Gasteiger partial charge in [-0.1, -0.05) is 12.1 Å². The smallest absolute Gasteiger partial charge is 0.317 e. The highest BCUT2D eigenvalue weighted by atomic mass is 16.3. The zero-order chi connectivity index (χ0) is 18.7. The molecule has 0 fully saturated rings. The summed E-state index contributed by atoms with van der Waals surface area (Å²) in [5.41, 5.74) is -0.120. The van der Waals surface area contributed by atoms with Crippen molar-refractivity contribution in [2.45, 2.75) is 39.4 Å². The molecule has 0 bridgehead atoms. The molecule has 1 aromatic carbocycles. The SMILES string of the molecule is CCn1c(=O)c(=O)n(CC(=O)NC(C)Cc2ccco2)c2ccccc21. The minimum Gasteiger partial charge on any atom is -0.469 e. The number of carbonyl (C=O) groups is 1. The number of benzene rings is 1. The van der Waals surface area contributed by atoms with Crippen LogP contribution in [0, 0.1) is 0 Å². The Bertz CT molecular complexity index is 1030. The fourth-order valence-corrected chi connectivity index (χ4v) is 3.09. The first-order valence-corrected chi connectivity index (χ1v) is 8.55. The molecule has 1 N–H and O–H groups in total. The van der Waals surface area contributed by atoms with E-state index in [0.717, 1.165) is 5.76 Å². The summed E-state index contributed by atoms with van der Waals surface area (Å²) in [7, 11) is 0. The second-order valence-electron chi connectivity index (χ2n) is 6.18. The van der Waals surface area contributed by atoms with E-state index in [2.05, 4.69) is 5.32 Å². The number of fused-ring (bicyclic) bond motifs is 1. The maximum atomic E-state index is 12.5. The Balaban J connectivity index is 1.86. The van der Waals surface area contributed by atoms with Crippen LogP contribution in [0.3, 0.4) is 0 Å². The molecular formula is C19H21N3O4. The van der Waals surface area contributed by atoms with Crippen LogP contribution >= 0.6 is 0 Å². The van der Waals surface area contributed by atoms with Crippen LogP contribution in [0.15, 0.2) is 56.7 Å². The lowest BCUT2D eigenvalue weighted by atomic mass is 10.2. The van der Waals surface area contributed by atoms with Crippen LogP contribution in [-0.2, 0) is 24.3 Å². The van der Waals surface area contributed by atoms with Crippen molar-refractivity contribution in [2.24, 2.45) is 0 Å². The first kappa shape index (κ1) is 17.7. The lowest BCUT2D eigenvalue weighted by Gasteiger charge is -2.16. The maximum absolute atomic E-state index is 12.5. The van der Waals surface area contributed by atoms with Crippen molar-refractivity contribution in [3.63, 3.8) is 0 Å². The fraction of sp³-hybridized carbons (Fsp3) is 0.316. The summed E-state index contributed by atoms with van der Waals surface area (Å²) >= 11 is 0. The van der Waals surface area contributed by atoms with E-state index in [1.54, 1.807) is 43.5 Å². The maximum Gasteiger partial charge on any atom is 0.317 e. The van der Waals surface area contributed by atoms with Crippen LogP contribution in [0.25, 0.3) is 11.0 Å². The van der Waals surface area contributed by atoms with Gasteiger partial charge in [-0.3, -0.25) is 19.0 Å². The van der Waals surface area contributed by atoms with Crippen LogP contribution in [0.5, 0.6) is 0 Å². The van der Waals surface area contributed by atoms with E-state index in [9.17, 15) is 14.4 Å². The number of nitrogens with one attached hydrogen (secondary N) is 1. The molecule has 3 rings (SSSR count). The van der Waals surface area contributed by atoms with Gasteiger partial charge in [0.05, 0.1) is 17.3 Å². The van der Waals surface area contributed by atoms with Gasteiger partial charge < -0.3 is 14.3 Å². The molecule has 0 aliphatic carbocycles. The Morgan fingerprint density at radius 2 is 1.73 bits per heavy atom. The van der Waals surface area contributed by atoms with Crippen molar-refractivity contribution in [3.05, 3.63) is 69.1 Å². The standard InChI is InChI=1S/C19H21N3O4/c1-3-21-15-8-4-5-9-16(15)22(19(25)18(21)24)12-17(23)20-13(2)11-14-7-6-10-26-14/h4-10,13H,3,11-12H2,1-2H3,(H,20,23). The average Bonchev–Trinajstić information content (AvgIpc) is 3.12. The van der Waals surface area contributed by atoms with Gasteiger partial charge in [0.1, 0.15) is 12.3 Å². The van der Waals surface area contributed by atoms with E-state index in [1.165, 1.54) is 9.13 Å². The Kier molecular flexibility index (Phi) is 5.06. The van der Waals surface area contributed by atoms with E-state index >= 15 is 0 Å². The predicted octanol–water partition coefficient (Wildman–Crippen LogP) is 1.52. The number of hydrogen-bond acceptors (Lipinski definition) is 4. The molecule has 0 spiro atoms. The summed E-state index contributed by atoms with van der Waals surface area (Å²) < 4.78 is 7.93. The first-order chi connectivity index (χ1) is 12.5. The fourth-order valence-electron chi connectivity index (χ4n) is 3.09. The molecule has 0 saturated heterocycles. The zero-order valence-corrected chi connectivity index (χ0v) is 14.8. The van der Waals surface area contributed by atoms with Crippen LogP contribution in [0.4, 0.5) is 0 Å². The van der Waals surface area contributed by atoms with Crippen molar-refractivity contribution in [1.29, 1.82) is 0 Å². The molecule has 2 heterocycles. The van der Waals surface area contributed by atoms with Crippen LogP contribution in [0.2, 0.25) is 0 Å². The van der Waals surface area contributed by atoms with Crippen molar-refractivity contribution < 1.29 is 9.21 Å². The molecule has 0 aliphatic heterocycles. The number of aryl methyl sites for hydroxylation is 1. The van der Waals surface area contributed by atoms with Gasteiger partial charge in [0.15, 0.2) is 0 Å². The minimum absolute atomic E-state index is 0.161. The number of nitrogens with zero attached hydrogens (tertiary/aromatic N) is 2. The van der Waals surface area contributed by atoms with Gasteiger partial charge in [-0.15, -0.1) is 0 Å². The van der Waals surface area contributed by atoms with Gasteiger partial charge in [-0.25, -0.2) is 0 Å². The third kappa shape index (κ3) is 3.46. The topological polar surface area (TPSA) is 86.2 Å². The Labute approximate surface area is 149 Å². The largest absolute Gasteiger partial charge is 0.469 e. The number of para-hydroxylation sites is 2. The summed E-state index contributed by atoms with van der Waals surface area (Å²) in [4.78, 5) is 37.2. The molecule has 1 unspecified atom stereocenters. The molecule has 3 aromatic rings. The Morgan fingerprint density at radius 3 is 2.35 bits per heavy atom. The molecule has 7 nitrogen and oxygen atoms in total. The van der Waals surface area contributed by atoms with E-state index in [0.29, 0.717) is 24.0 Å². The summed E-state index contributed by atoms with van der Waals surface area (Å²) in [6.45, 7) is 3.85. The lowest BCUT2D eigenvalue weighted by Crippen LogP contribution is -2.45. The first-order valence-electron chi connectivity index (χ1n) is 8.55. The molecule has 1 atom stereocenters. The van der Waals surface area contributed by atoms with Crippen molar-refractivity contribution in [2.75, 3.05) is 0 Å². The average molecular weight is 355 g/mol. The molecule has 0 radical (unpaired) electrons. The minimum atomic E-state index is -0.695. The highest BCUT2D eigenvalue weighted by Gasteiger charge is 2.16. The van der Waals surface area contributed by atoms with Crippen LogP contribution in [0.1, 0.15) is 19.6 Å². The van der Waals surface area contributed by atoms with E-state index < -0.39 is 11.1 Å². The summed E-state index contributed by atoms with van der Waals surface area (Å²) in [6, 6.07) is 10.6. The Hall–Kier alpha value is -3.09. The quantitative estimate of drug-likeness (QED) is 0.679. The highest BCUT2D eigenvalue weighted by Crippen LogP contribution is 2.10. The lowest BCUT2D eigenvalue weighted by molar-refractivity contribution is -0.122. The number of furan rings is 1. The number of rotatable bonds is 6. The summed E-state index contributed by atoms with van der Waals surface area (Å²) in [5.74, 6) is 0.441. The molecule has 7 heteroatoms. The Morgan fingerprint density at radius 1 is 1.08 bits per heavy atom. The normalized spacial score (nSPS) is 12.2. The van der Waals surface area contributed by atoms with Gasteiger partial charge in [-0.2, -0.15) is 0 Å². The second-order valence-corrected chi connectivity index (χ2v) is 6.18. The third-order valence-corrected chi connectivity index (χ3v) is 4.25. The van der Waals surface area contributed by atoms with Crippen molar-refractivity contribution in [3.8, 4) is 0 Å². The zero-order valence-electron chi connectivity index (χ0n) is 14.8. The highest BCUT2D eigenvalue weighted by molar-refractivity contribution is 5.80. The molecule has 2 aromatic heterocycles. The number of hydrogen-bond donors (Lipinski definition) is 1. The summed E-state index contributed by atoms with van der Waals surface area (Å²) in [6.07, 6.45) is 2.13. The van der Waals surface area contributed by atoms with E-state index in [1.807, 2.05) is 13.0 Å². The van der Waals surface area contributed by atoms with Crippen molar-refractivity contribution >= 4 is 16.9 Å². The van der Waals surface area contributed by atoms with Crippen LogP contribution in [-0.4, -0.2) is 21.1 Å². The van der Waals surface area contributed by atoms with Gasteiger partial charge in [0.25, 0.3) is 0 Å². The molecule has 26 heavy (non-hydrogen) atoms. The second kappa shape index (κ2) is 7.43. The molecule has 0 saturated carbocycles. The van der Waals surface area contributed by atoms with Gasteiger partial charge >= 0.3 is 11.1 Å². The summed E-state index contributed by atoms with van der Waals surface area (Å²) in [5, 5.41) is 2.84. The molecular weight excluding hydrogens is 334 g/mol. The number of carbonyl (C=O) groups excluding carboxylic acids is 1. The number of aromatic nitrogens is 2. The monoisotopic (exact) mass is 355 g/mol. The van der Waals surface area contributed by atoms with Gasteiger partial charge in [0, 0.05) is 19.0 Å². The predicted molar refractivity (Wildman–Crippen MR) is 98.2 cm³/mol. The van der Waals surface area contributed by atoms with E-state index in [-0.39, 0.29) is 18.5 Å². The van der Waals surface area contributed by atoms with Crippen LogP contribution < -0.4 is 16.4 Å². The van der Waals surface area contributed by atoms with Gasteiger partial charge in [0.2, 0.25) is 5.91 Å². The van der Waals surface area contributed by atoms with Crippen molar-refractivity contribution in [1.82, 2.24) is 14.5 Å². The molecule has 1 amide bonds. The molecule has 0 aliphatic rings. The van der Waals surface area contributed by atoms with Gasteiger partial charge in [-0.05, 0) is 38.1 Å². The third-order valence-electron chi connectivity index (χ3n) is 4.25. The number of amides is 1. The molecule has 136 valence electrons. The van der Waals surface area contributed by atoms with E-state index in [4.69, 9.17) is 4.42 Å².